The van der Waals surface area contributed by atoms with Gasteiger partial charge in [-0.25, -0.2) is 14.6 Å². The Morgan fingerprint density at radius 1 is 0.754 bits per heavy atom. The van der Waals surface area contributed by atoms with Crippen LogP contribution in [0.5, 0.6) is 0 Å². The fraction of sp³-hybridized carbons (Fsp3) is 0.404. The molecule has 0 saturated carbocycles. The Morgan fingerprint density at radius 2 is 1.44 bits per heavy atom. The number of urea groups is 1. The van der Waals surface area contributed by atoms with Gasteiger partial charge < -0.3 is 40.4 Å². The number of aliphatic hydroxyl groups excluding tert-OH is 1. The predicted molar refractivity (Wildman–Crippen MR) is 233 cm³/mol. The lowest BCUT2D eigenvalue weighted by atomic mass is 9.84. The van der Waals surface area contributed by atoms with Crippen LogP contribution in [0.4, 0.5) is 9.59 Å². The van der Waals surface area contributed by atoms with Gasteiger partial charge in [-0.1, -0.05) is 108 Å². The second-order valence-electron chi connectivity index (χ2n) is 18.0. The standard InChI is InChI=1S/C47H58N8O6/c1-46(2,3)40(52-44(59)60)42(57)51-37(27-32-18-20-33(21-19-32)36-17-10-12-22-48-36)38(56)28-34(26-31-14-8-7-9-15-31)50-43(58)41(47(4,5)6)55-25-24-53(45(55)61)30-39-49-29-35-16-11-13-23-54(35)39/h7-23,29,34,37-38,40-41,52,56H,24-28,30H2,1-6H3,(H,50,58)(H,51,57)(H,59,60)/t34-,37-,38+,40+,41+/m0/s1. The lowest BCUT2D eigenvalue weighted by molar-refractivity contribution is -0.130. The average molecular weight is 831 g/mol. The molecule has 61 heavy (non-hydrogen) atoms. The molecule has 1 aliphatic rings. The number of amides is 5. The number of carbonyl (C=O) groups excluding carboxylic acids is 3. The minimum absolute atomic E-state index is 0.0357. The van der Waals surface area contributed by atoms with Gasteiger partial charge in [-0.15, -0.1) is 0 Å². The Balaban J connectivity index is 1.25. The zero-order valence-corrected chi connectivity index (χ0v) is 35.8. The number of hydrogen-bond acceptors (Lipinski definition) is 7. The number of rotatable bonds is 16. The fourth-order valence-corrected chi connectivity index (χ4v) is 8.05. The van der Waals surface area contributed by atoms with Gasteiger partial charge in [0.15, 0.2) is 0 Å². The third-order valence-corrected chi connectivity index (χ3v) is 11.1. The van der Waals surface area contributed by atoms with Crippen molar-refractivity contribution in [1.29, 1.82) is 0 Å². The summed E-state index contributed by atoms with van der Waals surface area (Å²) in [5.74, 6) is -0.218. The maximum absolute atomic E-state index is 14.6. The van der Waals surface area contributed by atoms with Crippen LogP contribution in [0.25, 0.3) is 16.8 Å². The van der Waals surface area contributed by atoms with Gasteiger partial charge in [0.05, 0.1) is 36.1 Å². The van der Waals surface area contributed by atoms with Gasteiger partial charge in [0.1, 0.15) is 17.9 Å². The number of nitrogens with one attached hydrogen (secondary N) is 3. The Labute approximate surface area is 357 Å². The number of carbonyl (C=O) groups is 4. The molecule has 322 valence electrons. The molecule has 5 atom stereocenters. The zero-order valence-electron chi connectivity index (χ0n) is 35.8. The first-order valence-corrected chi connectivity index (χ1v) is 20.8. The third-order valence-electron chi connectivity index (χ3n) is 11.1. The second kappa shape index (κ2) is 19.0. The van der Waals surface area contributed by atoms with Crippen molar-refractivity contribution < 1.29 is 29.4 Å². The van der Waals surface area contributed by atoms with Crippen molar-refractivity contribution in [1.82, 2.24) is 40.1 Å². The number of hydrogen-bond donors (Lipinski definition) is 5. The summed E-state index contributed by atoms with van der Waals surface area (Å²) in [6.07, 6.45) is 3.47. The van der Waals surface area contributed by atoms with Crippen LogP contribution in [0.15, 0.2) is 110 Å². The Morgan fingerprint density at radius 3 is 2.10 bits per heavy atom. The van der Waals surface area contributed by atoms with Crippen molar-refractivity contribution in [3.05, 3.63) is 127 Å². The first-order valence-electron chi connectivity index (χ1n) is 20.8. The van der Waals surface area contributed by atoms with Crippen LogP contribution < -0.4 is 16.0 Å². The van der Waals surface area contributed by atoms with Crippen LogP contribution in [0.3, 0.4) is 0 Å². The normalized spacial score (nSPS) is 15.8. The van der Waals surface area contributed by atoms with Crippen molar-refractivity contribution in [3.63, 3.8) is 0 Å². The van der Waals surface area contributed by atoms with Crippen LogP contribution in [0, 0.1) is 10.8 Å². The number of carboxylic acid groups (broad SMARTS) is 1. The quantitative estimate of drug-likeness (QED) is 0.0811. The van der Waals surface area contributed by atoms with E-state index in [0.29, 0.717) is 19.5 Å². The number of aromatic nitrogens is 3. The van der Waals surface area contributed by atoms with Crippen LogP contribution >= 0.6 is 0 Å². The average Bonchev–Trinajstić information content (AvgIpc) is 3.78. The first-order chi connectivity index (χ1) is 29.0. The highest BCUT2D eigenvalue weighted by Crippen LogP contribution is 2.30. The monoisotopic (exact) mass is 830 g/mol. The van der Waals surface area contributed by atoms with Gasteiger partial charge in [-0.3, -0.25) is 14.6 Å². The van der Waals surface area contributed by atoms with E-state index >= 15 is 0 Å². The molecule has 0 aliphatic carbocycles. The summed E-state index contributed by atoms with van der Waals surface area (Å²) < 4.78 is 1.95. The van der Waals surface area contributed by atoms with E-state index in [9.17, 15) is 29.4 Å². The zero-order chi connectivity index (χ0) is 43.9. The van der Waals surface area contributed by atoms with E-state index < -0.39 is 53.1 Å². The van der Waals surface area contributed by atoms with Gasteiger partial charge in [-0.05, 0) is 65.5 Å². The smallest absolute Gasteiger partial charge is 0.405 e. The molecule has 6 rings (SSSR count). The van der Waals surface area contributed by atoms with E-state index in [1.54, 1.807) is 43.0 Å². The van der Waals surface area contributed by atoms with Crippen molar-refractivity contribution in [2.24, 2.45) is 10.8 Å². The molecular formula is C47H58N8O6. The summed E-state index contributed by atoms with van der Waals surface area (Å²) >= 11 is 0. The molecule has 1 aliphatic heterocycles. The van der Waals surface area contributed by atoms with E-state index in [1.165, 1.54) is 0 Å². The molecule has 5 aromatic rings. The Hall–Kier alpha value is -6.28. The largest absolute Gasteiger partial charge is 0.465 e. The highest BCUT2D eigenvalue weighted by Gasteiger charge is 2.44. The maximum Gasteiger partial charge on any atom is 0.405 e. The number of benzene rings is 2. The summed E-state index contributed by atoms with van der Waals surface area (Å²) in [6, 6.07) is 25.0. The van der Waals surface area contributed by atoms with Gasteiger partial charge in [0.2, 0.25) is 11.8 Å². The minimum atomic E-state index is -1.34. The van der Waals surface area contributed by atoms with E-state index in [0.717, 1.165) is 33.7 Å². The van der Waals surface area contributed by atoms with E-state index in [1.807, 2.05) is 122 Å². The summed E-state index contributed by atoms with van der Waals surface area (Å²) in [7, 11) is 0. The predicted octanol–water partition coefficient (Wildman–Crippen LogP) is 5.94. The first kappa shape index (κ1) is 44.3. The SMILES string of the molecule is CC(C)(C)[C@H](NC(=O)O)C(=O)N[C@@H](Cc1ccc(-c2ccccn2)cc1)[C@H](O)C[C@H](Cc1ccccc1)NC(=O)[C@@H](N1CCN(Cc2ncc3ccccn23)C1=O)C(C)(C)C. The van der Waals surface area contributed by atoms with Crippen LogP contribution in [-0.4, -0.2) is 102 Å². The molecule has 4 heterocycles. The van der Waals surface area contributed by atoms with Gasteiger partial charge in [0, 0.05) is 37.1 Å². The van der Waals surface area contributed by atoms with Gasteiger partial charge >= 0.3 is 12.1 Å². The van der Waals surface area contributed by atoms with E-state index in [4.69, 9.17) is 0 Å². The molecule has 3 aromatic heterocycles. The number of imidazole rings is 1. The third kappa shape index (κ3) is 11.3. The van der Waals surface area contributed by atoms with Crippen molar-refractivity contribution in [3.8, 4) is 11.3 Å². The summed E-state index contributed by atoms with van der Waals surface area (Å²) in [4.78, 5) is 66.8. The molecule has 2 aromatic carbocycles. The molecule has 0 unspecified atom stereocenters. The van der Waals surface area contributed by atoms with E-state index in [-0.39, 0.29) is 31.3 Å². The Bertz CT molecular complexity index is 2270. The Kier molecular flexibility index (Phi) is 13.8. The molecule has 1 fully saturated rings. The molecule has 0 radical (unpaired) electrons. The topological polar surface area (TPSA) is 182 Å². The van der Waals surface area contributed by atoms with Gasteiger partial charge in [0.25, 0.3) is 0 Å². The van der Waals surface area contributed by atoms with Crippen molar-refractivity contribution in [2.45, 2.75) is 97.6 Å². The van der Waals surface area contributed by atoms with Crippen LogP contribution in [0.2, 0.25) is 0 Å². The number of pyridine rings is 2. The van der Waals surface area contributed by atoms with Gasteiger partial charge in [-0.2, -0.15) is 0 Å². The van der Waals surface area contributed by atoms with Crippen molar-refractivity contribution in [2.75, 3.05) is 13.1 Å². The molecule has 5 N–H and O–H groups in total. The molecule has 14 heteroatoms. The highest BCUT2D eigenvalue weighted by atomic mass is 16.4. The molecule has 0 bridgehead atoms. The summed E-state index contributed by atoms with van der Waals surface area (Å²) in [5, 5.41) is 30.3. The molecule has 14 nitrogen and oxygen atoms in total. The van der Waals surface area contributed by atoms with Crippen LogP contribution in [0.1, 0.15) is 64.9 Å². The lowest BCUT2D eigenvalue weighted by Gasteiger charge is -2.38. The maximum atomic E-state index is 14.6. The number of fused-ring (bicyclic) bond motifs is 1. The molecule has 5 amide bonds. The second-order valence-corrected chi connectivity index (χ2v) is 18.0. The summed E-state index contributed by atoms with van der Waals surface area (Å²) in [5.41, 5.74) is 2.91. The lowest BCUT2D eigenvalue weighted by Crippen LogP contribution is -2.59. The fourth-order valence-electron chi connectivity index (χ4n) is 8.05. The molecule has 0 spiro atoms. The number of nitrogens with zero attached hydrogens (tertiary/aromatic N) is 5. The number of aliphatic hydroxyl groups is 1. The van der Waals surface area contributed by atoms with Crippen LogP contribution in [-0.2, 0) is 29.0 Å². The minimum Gasteiger partial charge on any atom is -0.465 e. The molecule has 1 saturated heterocycles. The van der Waals surface area contributed by atoms with E-state index in [2.05, 4.69) is 25.9 Å². The summed E-state index contributed by atoms with van der Waals surface area (Å²) in [6.45, 7) is 12.1. The highest BCUT2D eigenvalue weighted by molar-refractivity contribution is 5.89. The molecular weight excluding hydrogens is 773 g/mol. The van der Waals surface area contributed by atoms with Crippen molar-refractivity contribution >= 4 is 29.5 Å².